The first-order chi connectivity index (χ1) is 10.4. The quantitative estimate of drug-likeness (QED) is 0.785. The lowest BCUT2D eigenvalue weighted by Gasteiger charge is -2.07. The lowest BCUT2D eigenvalue weighted by molar-refractivity contribution is -0.137. The molecule has 1 N–H and O–H groups in total. The summed E-state index contributed by atoms with van der Waals surface area (Å²) in [6, 6.07) is 9.55. The highest BCUT2D eigenvalue weighted by Gasteiger charge is 2.31. The Bertz CT molecular complexity index is 869. The number of fused-ring (bicyclic) bond motifs is 1. The maximum absolute atomic E-state index is 12.8. The molecule has 0 amide bonds. The van der Waals surface area contributed by atoms with E-state index in [-0.39, 0.29) is 17.1 Å². The number of hydrogen-bond acceptors (Lipinski definition) is 2. The highest BCUT2D eigenvalue weighted by molar-refractivity contribution is 5.89. The van der Waals surface area contributed by atoms with Gasteiger partial charge in [-0.1, -0.05) is 18.2 Å². The van der Waals surface area contributed by atoms with Crippen molar-refractivity contribution in [1.29, 1.82) is 0 Å². The molecule has 112 valence electrons. The van der Waals surface area contributed by atoms with Crippen molar-refractivity contribution in [2.45, 2.75) is 6.18 Å². The average molecular weight is 306 g/mol. The van der Waals surface area contributed by atoms with Crippen molar-refractivity contribution in [1.82, 2.24) is 9.38 Å². The van der Waals surface area contributed by atoms with Gasteiger partial charge in [-0.3, -0.25) is 4.40 Å². The van der Waals surface area contributed by atoms with E-state index in [1.165, 1.54) is 22.7 Å². The number of aromatic carboxylic acids is 1. The van der Waals surface area contributed by atoms with Crippen LogP contribution in [0.3, 0.4) is 0 Å². The molecular weight excluding hydrogens is 297 g/mol. The summed E-state index contributed by atoms with van der Waals surface area (Å²) in [5.41, 5.74) is 0.0355. The Morgan fingerprint density at radius 1 is 1.14 bits per heavy atom. The maximum Gasteiger partial charge on any atom is 0.416 e. The van der Waals surface area contributed by atoms with Crippen LogP contribution in [0.25, 0.3) is 16.8 Å². The highest BCUT2D eigenvalue weighted by Crippen LogP contribution is 2.33. The van der Waals surface area contributed by atoms with Gasteiger partial charge in [0, 0.05) is 11.8 Å². The largest absolute Gasteiger partial charge is 0.475 e. The zero-order chi connectivity index (χ0) is 15.9. The smallest absolute Gasteiger partial charge is 0.416 e. The van der Waals surface area contributed by atoms with E-state index in [0.717, 1.165) is 12.1 Å². The Morgan fingerprint density at radius 3 is 2.59 bits per heavy atom. The first-order valence-corrected chi connectivity index (χ1v) is 6.26. The molecule has 3 aromatic rings. The van der Waals surface area contributed by atoms with Crippen LogP contribution in [0.4, 0.5) is 13.2 Å². The van der Waals surface area contributed by atoms with Crippen molar-refractivity contribution in [3.8, 4) is 11.3 Å². The molecule has 0 unspecified atom stereocenters. The number of hydrogen-bond donors (Lipinski definition) is 1. The molecule has 4 nitrogen and oxygen atoms in total. The molecule has 22 heavy (non-hydrogen) atoms. The summed E-state index contributed by atoms with van der Waals surface area (Å²) in [4.78, 5) is 15.2. The Labute approximate surface area is 122 Å². The van der Waals surface area contributed by atoms with E-state index >= 15 is 0 Å². The SMILES string of the molecule is O=C(O)c1nc(-c2cccc(C(F)(F)F)c2)c2ccccn12. The molecule has 0 aliphatic heterocycles. The monoisotopic (exact) mass is 306 g/mol. The van der Waals surface area contributed by atoms with Crippen molar-refractivity contribution in [2.75, 3.05) is 0 Å². The number of pyridine rings is 1. The van der Waals surface area contributed by atoms with Gasteiger partial charge in [0.2, 0.25) is 5.82 Å². The van der Waals surface area contributed by atoms with Crippen LogP contribution in [0.15, 0.2) is 48.7 Å². The fraction of sp³-hybridized carbons (Fsp3) is 0.0667. The average Bonchev–Trinajstić information content (AvgIpc) is 2.86. The van der Waals surface area contributed by atoms with E-state index in [9.17, 15) is 18.0 Å². The second kappa shape index (κ2) is 4.87. The summed E-state index contributed by atoms with van der Waals surface area (Å²) in [7, 11) is 0. The van der Waals surface area contributed by atoms with Gasteiger partial charge < -0.3 is 5.11 Å². The number of carboxylic acids is 1. The number of imidazole rings is 1. The summed E-state index contributed by atoms with van der Waals surface area (Å²) in [5, 5.41) is 9.16. The Hall–Kier alpha value is -2.83. The minimum atomic E-state index is -4.47. The number of alkyl halides is 3. The zero-order valence-corrected chi connectivity index (χ0v) is 11.0. The van der Waals surface area contributed by atoms with Crippen LogP contribution in [0.5, 0.6) is 0 Å². The van der Waals surface area contributed by atoms with E-state index in [2.05, 4.69) is 4.98 Å². The van der Waals surface area contributed by atoms with Gasteiger partial charge in [-0.2, -0.15) is 13.2 Å². The molecule has 2 aromatic heterocycles. The molecule has 0 atom stereocenters. The second-order valence-electron chi connectivity index (χ2n) is 4.62. The van der Waals surface area contributed by atoms with Crippen LogP contribution in [0.2, 0.25) is 0 Å². The van der Waals surface area contributed by atoms with E-state index < -0.39 is 17.7 Å². The second-order valence-corrected chi connectivity index (χ2v) is 4.62. The minimum absolute atomic E-state index is 0.198. The predicted octanol–water partition coefficient (Wildman–Crippen LogP) is 3.72. The summed E-state index contributed by atoms with van der Waals surface area (Å²) < 4.78 is 39.8. The molecule has 1 aromatic carbocycles. The minimum Gasteiger partial charge on any atom is -0.475 e. The number of halogens is 3. The lowest BCUT2D eigenvalue weighted by atomic mass is 10.1. The first kappa shape index (κ1) is 14.1. The molecule has 0 aliphatic carbocycles. The Balaban J connectivity index is 2.25. The standard InChI is InChI=1S/C15H9F3N2O2/c16-15(17,18)10-5-3-4-9(8-10)12-11-6-1-2-7-20(11)13(19-12)14(21)22/h1-8H,(H,21,22). The van der Waals surface area contributed by atoms with E-state index in [4.69, 9.17) is 5.11 Å². The number of rotatable bonds is 2. The number of nitrogens with zero attached hydrogens (tertiary/aromatic N) is 2. The van der Waals surface area contributed by atoms with Gasteiger partial charge in [-0.25, -0.2) is 9.78 Å². The van der Waals surface area contributed by atoms with Gasteiger partial charge in [0.15, 0.2) is 0 Å². The number of carboxylic acid groups (broad SMARTS) is 1. The lowest BCUT2D eigenvalue weighted by Crippen LogP contribution is -2.04. The topological polar surface area (TPSA) is 54.6 Å². The maximum atomic E-state index is 12.8. The zero-order valence-electron chi connectivity index (χ0n) is 11.0. The Kier molecular flexibility index (Phi) is 3.13. The van der Waals surface area contributed by atoms with Crippen molar-refractivity contribution < 1.29 is 23.1 Å². The number of aromatic nitrogens is 2. The van der Waals surface area contributed by atoms with E-state index in [1.54, 1.807) is 18.2 Å². The molecule has 0 aliphatic rings. The fourth-order valence-electron chi connectivity index (χ4n) is 2.24. The van der Waals surface area contributed by atoms with Crippen molar-refractivity contribution in [3.63, 3.8) is 0 Å². The van der Waals surface area contributed by atoms with Crippen LogP contribution in [0.1, 0.15) is 16.2 Å². The third-order valence-corrected chi connectivity index (χ3v) is 3.20. The van der Waals surface area contributed by atoms with Crippen LogP contribution in [-0.2, 0) is 6.18 Å². The molecule has 0 bridgehead atoms. The van der Waals surface area contributed by atoms with Gasteiger partial charge >= 0.3 is 12.1 Å². The molecule has 7 heteroatoms. The van der Waals surface area contributed by atoms with Crippen LogP contribution >= 0.6 is 0 Å². The summed E-state index contributed by atoms with van der Waals surface area (Å²) in [6.45, 7) is 0. The fourth-order valence-corrected chi connectivity index (χ4v) is 2.24. The molecule has 0 saturated heterocycles. The van der Waals surface area contributed by atoms with Gasteiger partial charge in [-0.05, 0) is 24.3 Å². The molecular formula is C15H9F3N2O2. The number of benzene rings is 1. The summed E-state index contributed by atoms with van der Waals surface area (Å²) in [6.07, 6.45) is -2.97. The van der Waals surface area contributed by atoms with Gasteiger partial charge in [0.1, 0.15) is 0 Å². The first-order valence-electron chi connectivity index (χ1n) is 6.26. The van der Waals surface area contributed by atoms with Crippen molar-refractivity contribution >= 4 is 11.5 Å². The van der Waals surface area contributed by atoms with Crippen molar-refractivity contribution in [2.24, 2.45) is 0 Å². The molecule has 2 heterocycles. The van der Waals surface area contributed by atoms with Crippen molar-refractivity contribution in [3.05, 3.63) is 60.0 Å². The third-order valence-electron chi connectivity index (χ3n) is 3.20. The normalized spacial score (nSPS) is 11.8. The molecule has 0 radical (unpaired) electrons. The van der Waals surface area contributed by atoms with Gasteiger partial charge in [0.05, 0.1) is 16.8 Å². The molecule has 0 spiro atoms. The molecule has 0 fully saturated rings. The van der Waals surface area contributed by atoms with E-state index in [0.29, 0.717) is 5.52 Å². The van der Waals surface area contributed by atoms with Crippen LogP contribution < -0.4 is 0 Å². The van der Waals surface area contributed by atoms with Crippen LogP contribution in [-0.4, -0.2) is 20.5 Å². The molecule has 3 rings (SSSR count). The highest BCUT2D eigenvalue weighted by atomic mass is 19.4. The molecule has 0 saturated carbocycles. The Morgan fingerprint density at radius 2 is 1.91 bits per heavy atom. The summed E-state index contributed by atoms with van der Waals surface area (Å²) in [5.74, 6) is -1.50. The van der Waals surface area contributed by atoms with E-state index in [1.807, 2.05) is 0 Å². The summed E-state index contributed by atoms with van der Waals surface area (Å²) >= 11 is 0. The van der Waals surface area contributed by atoms with Gasteiger partial charge in [-0.15, -0.1) is 0 Å². The van der Waals surface area contributed by atoms with Crippen LogP contribution in [0, 0.1) is 0 Å². The van der Waals surface area contributed by atoms with Gasteiger partial charge in [0.25, 0.3) is 0 Å². The predicted molar refractivity (Wildman–Crippen MR) is 72.6 cm³/mol. The third kappa shape index (κ3) is 2.30. The number of carbonyl (C=O) groups is 1.